The molecule has 0 aromatic heterocycles. The minimum absolute atomic E-state index is 0.0576. The van der Waals surface area contributed by atoms with Crippen molar-refractivity contribution in [2.45, 2.75) is 24.7 Å². The molecule has 0 aliphatic rings. The first kappa shape index (κ1) is 20.7. The SMILES string of the molecule is O=C(O)[C@H](Cc1ccc(Cl)cc1)NC(=O)[C@@H](O)c1ccc(C(F)(F)F)cc1. The molecule has 0 unspecified atom stereocenters. The fourth-order valence-corrected chi connectivity index (χ4v) is 2.44. The van der Waals surface area contributed by atoms with E-state index in [2.05, 4.69) is 5.32 Å². The molecule has 0 bridgehead atoms. The maximum Gasteiger partial charge on any atom is 0.416 e. The van der Waals surface area contributed by atoms with Crippen LogP contribution in [-0.2, 0) is 22.2 Å². The van der Waals surface area contributed by atoms with Crippen molar-refractivity contribution in [2.24, 2.45) is 0 Å². The van der Waals surface area contributed by atoms with Gasteiger partial charge in [-0.2, -0.15) is 13.2 Å². The van der Waals surface area contributed by atoms with Crippen LogP contribution in [0, 0.1) is 0 Å². The zero-order valence-electron chi connectivity index (χ0n) is 13.7. The highest BCUT2D eigenvalue weighted by atomic mass is 35.5. The number of carbonyl (C=O) groups excluding carboxylic acids is 1. The van der Waals surface area contributed by atoms with Crippen LogP contribution < -0.4 is 5.32 Å². The average Bonchev–Trinajstić information content (AvgIpc) is 2.61. The van der Waals surface area contributed by atoms with E-state index in [4.69, 9.17) is 11.6 Å². The Morgan fingerprint density at radius 1 is 1.04 bits per heavy atom. The molecule has 27 heavy (non-hydrogen) atoms. The molecule has 1 amide bonds. The molecule has 9 heteroatoms. The molecule has 0 fully saturated rings. The van der Waals surface area contributed by atoms with Crippen LogP contribution in [-0.4, -0.2) is 28.1 Å². The van der Waals surface area contributed by atoms with Crippen LogP contribution >= 0.6 is 11.6 Å². The maximum absolute atomic E-state index is 12.6. The van der Waals surface area contributed by atoms with Gasteiger partial charge in [-0.15, -0.1) is 0 Å². The van der Waals surface area contributed by atoms with Crippen molar-refractivity contribution in [1.29, 1.82) is 0 Å². The lowest BCUT2D eigenvalue weighted by Gasteiger charge is -2.18. The Morgan fingerprint density at radius 3 is 2.07 bits per heavy atom. The summed E-state index contributed by atoms with van der Waals surface area (Å²) in [5, 5.41) is 21.9. The molecule has 2 aromatic carbocycles. The molecule has 3 N–H and O–H groups in total. The van der Waals surface area contributed by atoms with Gasteiger partial charge in [0, 0.05) is 11.4 Å². The summed E-state index contributed by atoms with van der Waals surface area (Å²) >= 11 is 5.75. The third kappa shape index (κ3) is 5.70. The molecule has 0 heterocycles. The second-order valence-corrected chi connectivity index (χ2v) is 6.19. The molecule has 2 rings (SSSR count). The molecule has 5 nitrogen and oxygen atoms in total. The van der Waals surface area contributed by atoms with Crippen molar-refractivity contribution < 1.29 is 33.0 Å². The monoisotopic (exact) mass is 401 g/mol. The highest BCUT2D eigenvalue weighted by molar-refractivity contribution is 6.30. The molecule has 0 spiro atoms. The molecular weight excluding hydrogens is 387 g/mol. The Hall–Kier alpha value is -2.58. The van der Waals surface area contributed by atoms with E-state index in [0.717, 1.165) is 24.3 Å². The van der Waals surface area contributed by atoms with E-state index in [0.29, 0.717) is 10.6 Å². The fourth-order valence-electron chi connectivity index (χ4n) is 2.31. The molecule has 144 valence electrons. The summed E-state index contributed by atoms with van der Waals surface area (Å²) in [5.74, 6) is -2.35. The normalized spacial score (nSPS) is 13.7. The highest BCUT2D eigenvalue weighted by Gasteiger charge is 2.31. The first-order valence-corrected chi connectivity index (χ1v) is 8.08. The first-order valence-electron chi connectivity index (χ1n) is 7.71. The smallest absolute Gasteiger partial charge is 0.416 e. The number of aliphatic hydroxyl groups is 1. The second kappa shape index (κ2) is 8.41. The third-order valence-electron chi connectivity index (χ3n) is 3.77. The molecule has 0 radical (unpaired) electrons. The number of hydrogen-bond acceptors (Lipinski definition) is 3. The van der Waals surface area contributed by atoms with E-state index in [1.54, 1.807) is 24.3 Å². The van der Waals surface area contributed by atoms with E-state index >= 15 is 0 Å². The lowest BCUT2D eigenvalue weighted by molar-refractivity contribution is -0.143. The topological polar surface area (TPSA) is 86.6 Å². The number of halogens is 4. The largest absolute Gasteiger partial charge is 0.480 e. The van der Waals surface area contributed by atoms with E-state index in [9.17, 15) is 33.0 Å². The van der Waals surface area contributed by atoms with E-state index < -0.39 is 35.8 Å². The lowest BCUT2D eigenvalue weighted by Crippen LogP contribution is -2.44. The molecular formula is C18H15ClF3NO4. The van der Waals surface area contributed by atoms with Crippen LogP contribution in [0.2, 0.25) is 5.02 Å². The van der Waals surface area contributed by atoms with Crippen molar-refractivity contribution in [3.05, 3.63) is 70.2 Å². The average molecular weight is 402 g/mol. The van der Waals surface area contributed by atoms with Crippen LogP contribution in [0.4, 0.5) is 13.2 Å². The minimum Gasteiger partial charge on any atom is -0.480 e. The number of nitrogens with one attached hydrogen (secondary N) is 1. The number of alkyl halides is 3. The number of aliphatic hydroxyl groups excluding tert-OH is 1. The van der Waals surface area contributed by atoms with Crippen LogP contribution in [0.5, 0.6) is 0 Å². The predicted molar refractivity (Wildman–Crippen MR) is 91.1 cm³/mol. The van der Waals surface area contributed by atoms with E-state index in [-0.39, 0.29) is 12.0 Å². The fraction of sp³-hybridized carbons (Fsp3) is 0.222. The second-order valence-electron chi connectivity index (χ2n) is 5.75. The summed E-state index contributed by atoms with van der Waals surface area (Å²) in [6.45, 7) is 0. The summed E-state index contributed by atoms with van der Waals surface area (Å²) in [6.07, 6.45) is -6.41. The Bertz CT molecular complexity index is 807. The molecule has 0 saturated carbocycles. The number of aliphatic carboxylic acids is 1. The van der Waals surface area contributed by atoms with Crippen LogP contribution in [0.25, 0.3) is 0 Å². The van der Waals surface area contributed by atoms with Gasteiger partial charge in [-0.3, -0.25) is 4.79 Å². The van der Waals surface area contributed by atoms with Gasteiger partial charge in [0.15, 0.2) is 6.10 Å². The Kier molecular flexibility index (Phi) is 6.45. The number of benzene rings is 2. The van der Waals surface area contributed by atoms with Crippen molar-refractivity contribution in [1.82, 2.24) is 5.32 Å². The zero-order valence-corrected chi connectivity index (χ0v) is 14.5. The van der Waals surface area contributed by atoms with Gasteiger partial charge in [0.1, 0.15) is 6.04 Å². The van der Waals surface area contributed by atoms with Crippen molar-refractivity contribution in [3.63, 3.8) is 0 Å². The van der Waals surface area contributed by atoms with Gasteiger partial charge < -0.3 is 15.5 Å². The zero-order chi connectivity index (χ0) is 20.2. The van der Waals surface area contributed by atoms with E-state index in [1.165, 1.54) is 0 Å². The van der Waals surface area contributed by atoms with Gasteiger partial charge in [0.05, 0.1) is 5.56 Å². The van der Waals surface area contributed by atoms with Gasteiger partial charge in [-0.1, -0.05) is 35.9 Å². The van der Waals surface area contributed by atoms with Crippen LogP contribution in [0.15, 0.2) is 48.5 Å². The summed E-state index contributed by atoms with van der Waals surface area (Å²) in [6, 6.07) is 8.37. The number of carboxylic acid groups (broad SMARTS) is 1. The minimum atomic E-state index is -4.54. The quantitative estimate of drug-likeness (QED) is 0.693. The first-order chi connectivity index (χ1) is 12.6. The molecule has 2 aromatic rings. The Labute approximate surface area is 157 Å². The van der Waals surface area contributed by atoms with Gasteiger partial charge in [-0.25, -0.2) is 4.79 Å². The standard InChI is InChI=1S/C18H15ClF3NO4/c19-13-7-1-10(2-8-13)9-14(17(26)27)23-16(25)15(24)11-3-5-12(6-4-11)18(20,21)22/h1-8,14-15,24H,9H2,(H,23,25)(H,26,27)/t14-,15-/m0/s1. The number of carboxylic acids is 1. The number of rotatable bonds is 6. The Morgan fingerprint density at radius 2 is 1.59 bits per heavy atom. The van der Waals surface area contributed by atoms with Crippen molar-refractivity contribution in [3.8, 4) is 0 Å². The summed E-state index contributed by atoms with van der Waals surface area (Å²) in [5.41, 5.74) is -0.419. The van der Waals surface area contributed by atoms with Gasteiger partial charge in [0.25, 0.3) is 5.91 Å². The third-order valence-corrected chi connectivity index (χ3v) is 4.02. The lowest BCUT2D eigenvalue weighted by atomic mass is 10.0. The molecule has 0 saturated heterocycles. The van der Waals surface area contributed by atoms with Gasteiger partial charge in [-0.05, 0) is 35.4 Å². The summed E-state index contributed by atoms with van der Waals surface area (Å²) in [7, 11) is 0. The predicted octanol–water partition coefficient (Wildman–Crippen LogP) is 3.20. The Balaban J connectivity index is 2.07. The van der Waals surface area contributed by atoms with Crippen LogP contribution in [0.1, 0.15) is 22.8 Å². The highest BCUT2D eigenvalue weighted by Crippen LogP contribution is 2.30. The van der Waals surface area contributed by atoms with Crippen molar-refractivity contribution >= 4 is 23.5 Å². The molecule has 0 aliphatic heterocycles. The van der Waals surface area contributed by atoms with Gasteiger partial charge >= 0.3 is 12.1 Å². The molecule has 0 aliphatic carbocycles. The summed E-state index contributed by atoms with van der Waals surface area (Å²) < 4.78 is 37.7. The molecule has 2 atom stereocenters. The van der Waals surface area contributed by atoms with Gasteiger partial charge in [0.2, 0.25) is 0 Å². The maximum atomic E-state index is 12.6. The number of amides is 1. The number of hydrogen-bond donors (Lipinski definition) is 3. The van der Waals surface area contributed by atoms with Crippen molar-refractivity contribution in [2.75, 3.05) is 0 Å². The summed E-state index contributed by atoms with van der Waals surface area (Å²) in [4.78, 5) is 23.5. The van der Waals surface area contributed by atoms with E-state index in [1.807, 2.05) is 0 Å². The van der Waals surface area contributed by atoms with Crippen LogP contribution in [0.3, 0.4) is 0 Å². The number of carbonyl (C=O) groups is 2.